The lowest BCUT2D eigenvalue weighted by Crippen LogP contribution is -1.90. The van der Waals surface area contributed by atoms with Crippen molar-refractivity contribution in [2.45, 2.75) is 64.2 Å². The van der Waals surface area contributed by atoms with E-state index in [4.69, 9.17) is 0 Å². The minimum atomic E-state index is 1.04. The van der Waals surface area contributed by atoms with E-state index < -0.39 is 0 Å². The molecule has 0 heteroatoms. The summed E-state index contributed by atoms with van der Waals surface area (Å²) in [4.78, 5) is 0. The first-order valence-electron chi connectivity index (χ1n) is 23.3. The van der Waals surface area contributed by atoms with E-state index in [0.717, 1.165) is 25.7 Å². The predicted molar refractivity (Wildman–Crippen MR) is 274 cm³/mol. The summed E-state index contributed by atoms with van der Waals surface area (Å²) < 4.78 is 0. The summed E-state index contributed by atoms with van der Waals surface area (Å²) in [5.74, 6) is 0. The summed E-state index contributed by atoms with van der Waals surface area (Å²) in [6, 6.07) is 52.1. The van der Waals surface area contributed by atoms with Gasteiger partial charge in [0.1, 0.15) is 0 Å². The van der Waals surface area contributed by atoms with Crippen LogP contribution in [0, 0.1) is 0 Å². The van der Waals surface area contributed by atoms with Crippen molar-refractivity contribution in [3.05, 3.63) is 296 Å². The number of rotatable bonds is 0. The lowest BCUT2D eigenvalue weighted by molar-refractivity contribution is 0.965. The Morgan fingerprint density at radius 3 is 1.11 bits per heavy atom. The Morgan fingerprint density at radius 1 is 0.281 bits per heavy atom. The molecule has 0 N–H and O–H groups in total. The molecule has 0 spiro atoms. The molecule has 0 atom stereocenters. The molecule has 0 amide bonds. The highest BCUT2D eigenvalue weighted by molar-refractivity contribution is 5.77. The zero-order chi connectivity index (χ0) is 43.2. The minimum Gasteiger partial charge on any atom is -0.0808 e. The number of hydrogen-bond donors (Lipinski definition) is 0. The van der Waals surface area contributed by atoms with E-state index in [0.29, 0.717) is 0 Å². The van der Waals surface area contributed by atoms with E-state index in [9.17, 15) is 0 Å². The van der Waals surface area contributed by atoms with Gasteiger partial charge in [-0.1, -0.05) is 236 Å². The topological polar surface area (TPSA) is 0 Å². The average Bonchev–Trinajstić information content (AvgIpc) is 4.21. The summed E-state index contributed by atoms with van der Waals surface area (Å²) in [5.41, 5.74) is 23.4. The Balaban J connectivity index is 0.000000100. The van der Waals surface area contributed by atoms with Gasteiger partial charge in [0.05, 0.1) is 0 Å². The Bertz CT molecular complexity index is 2680. The fourth-order valence-electron chi connectivity index (χ4n) is 9.53. The second kappa shape index (κ2) is 21.4. The third-order valence-corrected chi connectivity index (χ3v) is 13.0. The van der Waals surface area contributed by atoms with Crippen LogP contribution in [0.1, 0.15) is 87.7 Å². The maximum atomic E-state index is 2.27. The van der Waals surface area contributed by atoms with Crippen molar-refractivity contribution < 1.29 is 0 Å². The molecule has 0 fully saturated rings. The SMILES string of the molecule is C1=CC2=C(C1)CC=C2.C1=CC2=C(C=CC2)C1.C1=CCC=C1.C1=Cc2ccccc2Cc2ccccc21.c1ccc2c(c1)CCc1ccccc1C2.c1ccc2c(c1)Cc1ccccc1-2. The van der Waals surface area contributed by atoms with Gasteiger partial charge in [-0.2, -0.15) is 0 Å². The number of aryl methyl sites for hydroxylation is 2. The molecule has 0 bridgehead atoms. The van der Waals surface area contributed by atoms with Crippen LogP contribution in [-0.4, -0.2) is 0 Å². The molecule has 0 nitrogen and oxygen atoms in total. The van der Waals surface area contributed by atoms with E-state index in [2.05, 4.69) is 231 Å². The highest BCUT2D eigenvalue weighted by Crippen LogP contribution is 2.36. The third-order valence-electron chi connectivity index (χ3n) is 13.0. The Labute approximate surface area is 382 Å². The molecule has 0 radical (unpaired) electrons. The van der Waals surface area contributed by atoms with Crippen LogP contribution in [0.25, 0.3) is 23.3 Å². The van der Waals surface area contributed by atoms with E-state index in [1.54, 1.807) is 5.57 Å². The van der Waals surface area contributed by atoms with Crippen molar-refractivity contribution >= 4 is 12.2 Å². The highest BCUT2D eigenvalue weighted by atomic mass is 14.2. The summed E-state index contributed by atoms with van der Waals surface area (Å²) >= 11 is 0. The quantitative estimate of drug-likeness (QED) is 0.143. The second-order valence-corrected chi connectivity index (χ2v) is 17.2. The second-order valence-electron chi connectivity index (χ2n) is 17.2. The fourth-order valence-corrected chi connectivity index (χ4v) is 9.53. The largest absolute Gasteiger partial charge is 0.0808 e. The molecular formula is C64H58. The number of hydrogen-bond acceptors (Lipinski definition) is 0. The maximum absolute atomic E-state index is 2.27. The molecule has 6 aromatic carbocycles. The first kappa shape index (κ1) is 42.3. The molecule has 0 aromatic heterocycles. The van der Waals surface area contributed by atoms with Crippen molar-refractivity contribution in [1.82, 2.24) is 0 Å². The number of benzene rings is 6. The van der Waals surface area contributed by atoms with E-state index in [1.807, 2.05) is 0 Å². The average molecular weight is 827 g/mol. The molecule has 0 saturated carbocycles. The maximum Gasteiger partial charge on any atom is -0.00135 e. The monoisotopic (exact) mass is 826 g/mol. The van der Waals surface area contributed by atoms with Gasteiger partial charge in [0.2, 0.25) is 0 Å². The molecule has 8 aliphatic carbocycles. The van der Waals surface area contributed by atoms with Gasteiger partial charge in [-0.3, -0.25) is 0 Å². The molecule has 64 heavy (non-hydrogen) atoms. The van der Waals surface area contributed by atoms with Crippen LogP contribution in [0.4, 0.5) is 0 Å². The first-order chi connectivity index (χ1) is 31.7. The summed E-state index contributed by atoms with van der Waals surface area (Å²) in [5, 5.41) is 0. The molecule has 0 saturated heterocycles. The molecule has 0 aliphatic heterocycles. The van der Waals surface area contributed by atoms with Crippen molar-refractivity contribution in [3.8, 4) is 11.1 Å². The van der Waals surface area contributed by atoms with Crippen LogP contribution in [-0.2, 0) is 32.1 Å². The van der Waals surface area contributed by atoms with Gasteiger partial charge in [-0.05, 0) is 148 Å². The minimum absolute atomic E-state index is 1.04. The van der Waals surface area contributed by atoms with Crippen LogP contribution in [0.5, 0.6) is 0 Å². The number of fused-ring (bicyclic) bond motifs is 7. The van der Waals surface area contributed by atoms with E-state index in [-0.39, 0.29) is 0 Å². The summed E-state index contributed by atoms with van der Waals surface area (Å²) in [7, 11) is 0. The molecule has 0 unspecified atom stereocenters. The van der Waals surface area contributed by atoms with Gasteiger partial charge in [0.25, 0.3) is 0 Å². The van der Waals surface area contributed by atoms with Gasteiger partial charge >= 0.3 is 0 Å². The van der Waals surface area contributed by atoms with Gasteiger partial charge < -0.3 is 0 Å². The van der Waals surface area contributed by atoms with Crippen molar-refractivity contribution in [1.29, 1.82) is 0 Å². The zero-order valence-corrected chi connectivity index (χ0v) is 37.0. The first-order valence-corrected chi connectivity index (χ1v) is 23.3. The van der Waals surface area contributed by atoms with E-state index >= 15 is 0 Å². The molecule has 314 valence electrons. The smallest absolute Gasteiger partial charge is 0.00135 e. The zero-order valence-electron chi connectivity index (χ0n) is 37.0. The van der Waals surface area contributed by atoms with Crippen molar-refractivity contribution in [2.75, 3.05) is 0 Å². The van der Waals surface area contributed by atoms with Crippen LogP contribution < -0.4 is 0 Å². The Morgan fingerprint density at radius 2 is 0.656 bits per heavy atom. The molecule has 14 rings (SSSR count). The highest BCUT2D eigenvalue weighted by Gasteiger charge is 2.16. The predicted octanol–water partition coefficient (Wildman–Crippen LogP) is 16.3. The van der Waals surface area contributed by atoms with Crippen molar-refractivity contribution in [2.24, 2.45) is 0 Å². The normalized spacial score (nSPS) is 15.9. The summed E-state index contributed by atoms with van der Waals surface area (Å²) in [6.07, 6.45) is 42.1. The third kappa shape index (κ3) is 10.8. The number of allylic oxidation sites excluding steroid dienone is 16. The summed E-state index contributed by atoms with van der Waals surface area (Å²) in [6.45, 7) is 0. The van der Waals surface area contributed by atoms with Gasteiger partial charge in [0, 0.05) is 0 Å². The Hall–Kier alpha value is -7.02. The fraction of sp³-hybridized carbons (Fsp3) is 0.156. The van der Waals surface area contributed by atoms with Crippen LogP contribution in [0.15, 0.2) is 241 Å². The van der Waals surface area contributed by atoms with Crippen LogP contribution in [0.3, 0.4) is 0 Å². The van der Waals surface area contributed by atoms with Gasteiger partial charge in [-0.25, -0.2) is 0 Å². The Kier molecular flexibility index (Phi) is 14.1. The van der Waals surface area contributed by atoms with E-state index in [1.165, 1.54) is 122 Å². The van der Waals surface area contributed by atoms with Crippen LogP contribution >= 0.6 is 0 Å². The molecule has 0 heterocycles. The van der Waals surface area contributed by atoms with Gasteiger partial charge in [0.15, 0.2) is 0 Å². The lowest BCUT2D eigenvalue weighted by Gasteiger charge is -2.04. The van der Waals surface area contributed by atoms with Crippen LogP contribution in [0.2, 0.25) is 0 Å². The molecular weight excluding hydrogens is 769 g/mol. The molecule has 6 aromatic rings. The molecule has 8 aliphatic rings. The lowest BCUT2D eigenvalue weighted by atomic mass is 10.0. The van der Waals surface area contributed by atoms with Crippen molar-refractivity contribution in [3.63, 3.8) is 0 Å². The standard InChI is InChI=1S/C15H14.C15H12.C13H10.2C8H8.C5H6/c2*1-3-7-14-11-15-8-4-2-6-13(15)10-9-12(14)5-1;1-3-7-12-10(5-1)9-11-6-2-4-8-13(11)12;2*1-3-7-5-2-6-8(7)4-1;1-2-4-5-3-1/h1-8H,9-11H2;1-10H,11H2;1-8H,9H2;1-3,6H,4-5H2;1-3,5H,4,6H2;1-4H,5H2. The van der Waals surface area contributed by atoms with Gasteiger partial charge in [-0.15, -0.1) is 0 Å².